The lowest BCUT2D eigenvalue weighted by Crippen LogP contribution is -2.15. The summed E-state index contributed by atoms with van der Waals surface area (Å²) in [4.78, 5) is 5.47. The summed E-state index contributed by atoms with van der Waals surface area (Å²) in [5, 5.41) is 3.36. The van der Waals surface area contributed by atoms with Crippen LogP contribution in [0.5, 0.6) is 0 Å². The molecule has 0 aliphatic carbocycles. The number of nitrogens with zero attached hydrogens (tertiary/aromatic N) is 1. The first kappa shape index (κ1) is 12.3. The SMILES string of the molecule is CNC(CCCc1ccccc1)c1cncs1. The van der Waals surface area contributed by atoms with Gasteiger partial charge in [0.15, 0.2) is 0 Å². The van der Waals surface area contributed by atoms with Crippen LogP contribution in [0, 0.1) is 0 Å². The molecule has 1 aromatic heterocycles. The Morgan fingerprint density at radius 3 is 2.76 bits per heavy atom. The zero-order chi connectivity index (χ0) is 11.9. The van der Waals surface area contributed by atoms with Crippen LogP contribution in [0.4, 0.5) is 0 Å². The van der Waals surface area contributed by atoms with Crippen LogP contribution in [-0.2, 0) is 6.42 Å². The average molecular weight is 246 g/mol. The van der Waals surface area contributed by atoms with Gasteiger partial charge >= 0.3 is 0 Å². The zero-order valence-corrected chi connectivity index (χ0v) is 10.9. The Kier molecular flexibility index (Phi) is 4.71. The fourth-order valence-electron chi connectivity index (χ4n) is 1.98. The highest BCUT2D eigenvalue weighted by Crippen LogP contribution is 2.22. The third-order valence-electron chi connectivity index (χ3n) is 2.94. The summed E-state index contributed by atoms with van der Waals surface area (Å²) in [6.07, 6.45) is 5.48. The fraction of sp³-hybridized carbons (Fsp3) is 0.357. The molecule has 2 aromatic rings. The van der Waals surface area contributed by atoms with Gasteiger partial charge < -0.3 is 5.32 Å². The van der Waals surface area contributed by atoms with Crippen LogP contribution in [0.15, 0.2) is 42.0 Å². The lowest BCUT2D eigenvalue weighted by atomic mass is 10.0. The Morgan fingerprint density at radius 1 is 1.29 bits per heavy atom. The van der Waals surface area contributed by atoms with E-state index in [1.165, 1.54) is 16.9 Å². The van der Waals surface area contributed by atoms with Crippen molar-refractivity contribution in [3.63, 3.8) is 0 Å². The van der Waals surface area contributed by atoms with Crippen LogP contribution in [0.3, 0.4) is 0 Å². The molecule has 1 unspecified atom stereocenters. The summed E-state index contributed by atoms with van der Waals surface area (Å²) >= 11 is 1.73. The van der Waals surface area contributed by atoms with E-state index in [1.54, 1.807) is 11.3 Å². The minimum atomic E-state index is 0.450. The third kappa shape index (κ3) is 3.65. The molecule has 2 nitrogen and oxygen atoms in total. The molecule has 90 valence electrons. The Morgan fingerprint density at radius 2 is 2.12 bits per heavy atom. The number of aryl methyl sites for hydroxylation is 1. The van der Waals surface area contributed by atoms with Crippen molar-refractivity contribution in [2.75, 3.05) is 7.05 Å². The van der Waals surface area contributed by atoms with E-state index in [1.807, 2.05) is 18.8 Å². The van der Waals surface area contributed by atoms with Crippen molar-refractivity contribution < 1.29 is 0 Å². The number of nitrogens with one attached hydrogen (secondary N) is 1. The second-order valence-corrected chi connectivity index (χ2v) is 5.04. The monoisotopic (exact) mass is 246 g/mol. The molecule has 0 aliphatic heterocycles. The summed E-state index contributed by atoms with van der Waals surface area (Å²) in [6.45, 7) is 0. The van der Waals surface area contributed by atoms with Crippen molar-refractivity contribution in [1.29, 1.82) is 0 Å². The molecule has 1 heterocycles. The molecule has 0 amide bonds. The van der Waals surface area contributed by atoms with E-state index in [-0.39, 0.29) is 0 Å². The van der Waals surface area contributed by atoms with Crippen LogP contribution < -0.4 is 5.32 Å². The second kappa shape index (κ2) is 6.52. The highest BCUT2D eigenvalue weighted by Gasteiger charge is 2.09. The van der Waals surface area contributed by atoms with Crippen LogP contribution in [0.2, 0.25) is 0 Å². The molecule has 1 atom stereocenters. The van der Waals surface area contributed by atoms with E-state index in [0.717, 1.165) is 12.8 Å². The lowest BCUT2D eigenvalue weighted by Gasteiger charge is -2.13. The van der Waals surface area contributed by atoms with Crippen molar-refractivity contribution in [1.82, 2.24) is 10.3 Å². The molecule has 0 radical (unpaired) electrons. The van der Waals surface area contributed by atoms with Gasteiger partial charge in [-0.3, -0.25) is 4.98 Å². The van der Waals surface area contributed by atoms with Crippen LogP contribution in [0.25, 0.3) is 0 Å². The van der Waals surface area contributed by atoms with E-state index >= 15 is 0 Å². The van der Waals surface area contributed by atoms with E-state index in [2.05, 4.69) is 40.6 Å². The molecule has 0 bridgehead atoms. The molecule has 2 rings (SSSR count). The fourth-order valence-corrected chi connectivity index (χ4v) is 2.75. The Balaban J connectivity index is 1.81. The predicted octanol–water partition coefficient (Wildman–Crippen LogP) is 3.43. The summed E-state index contributed by atoms with van der Waals surface area (Å²) in [5.41, 5.74) is 3.32. The van der Waals surface area contributed by atoms with E-state index in [9.17, 15) is 0 Å². The highest BCUT2D eigenvalue weighted by atomic mass is 32.1. The molecule has 0 aliphatic rings. The van der Waals surface area contributed by atoms with Crippen molar-refractivity contribution >= 4 is 11.3 Å². The average Bonchev–Trinajstić information content (AvgIpc) is 2.90. The Hall–Kier alpha value is -1.19. The Bertz CT molecular complexity index is 411. The number of rotatable bonds is 6. The van der Waals surface area contributed by atoms with Crippen molar-refractivity contribution in [3.8, 4) is 0 Å². The van der Waals surface area contributed by atoms with E-state index in [0.29, 0.717) is 6.04 Å². The molecule has 0 spiro atoms. The van der Waals surface area contributed by atoms with Crippen LogP contribution in [0.1, 0.15) is 29.3 Å². The zero-order valence-electron chi connectivity index (χ0n) is 10.1. The van der Waals surface area contributed by atoms with Gasteiger partial charge in [0.25, 0.3) is 0 Å². The van der Waals surface area contributed by atoms with Crippen LogP contribution >= 0.6 is 11.3 Å². The molecule has 0 saturated heterocycles. The summed E-state index contributed by atoms with van der Waals surface area (Å²) < 4.78 is 0. The largest absolute Gasteiger partial charge is 0.312 e. The smallest absolute Gasteiger partial charge is 0.0794 e. The molecule has 1 N–H and O–H groups in total. The van der Waals surface area contributed by atoms with Gasteiger partial charge in [0, 0.05) is 17.1 Å². The van der Waals surface area contributed by atoms with Gasteiger partial charge in [-0.05, 0) is 31.9 Å². The van der Waals surface area contributed by atoms with Crippen molar-refractivity contribution in [3.05, 3.63) is 52.5 Å². The summed E-state index contributed by atoms with van der Waals surface area (Å²) in [7, 11) is 2.02. The molecular weight excluding hydrogens is 228 g/mol. The van der Waals surface area contributed by atoms with Gasteiger partial charge in [0.05, 0.1) is 5.51 Å². The maximum absolute atomic E-state index is 4.14. The van der Waals surface area contributed by atoms with Gasteiger partial charge in [-0.2, -0.15) is 0 Å². The van der Waals surface area contributed by atoms with Crippen molar-refractivity contribution in [2.45, 2.75) is 25.3 Å². The summed E-state index contributed by atoms with van der Waals surface area (Å²) in [5.74, 6) is 0. The Labute approximate surface area is 107 Å². The molecule has 0 saturated carbocycles. The highest BCUT2D eigenvalue weighted by molar-refractivity contribution is 7.09. The predicted molar refractivity (Wildman–Crippen MR) is 73.3 cm³/mol. The van der Waals surface area contributed by atoms with E-state index in [4.69, 9.17) is 0 Å². The number of hydrogen-bond donors (Lipinski definition) is 1. The topological polar surface area (TPSA) is 24.9 Å². The van der Waals surface area contributed by atoms with Gasteiger partial charge in [0.1, 0.15) is 0 Å². The van der Waals surface area contributed by atoms with Gasteiger partial charge in [-0.1, -0.05) is 30.3 Å². The molecule has 1 aromatic carbocycles. The van der Waals surface area contributed by atoms with Gasteiger partial charge in [0.2, 0.25) is 0 Å². The van der Waals surface area contributed by atoms with E-state index < -0.39 is 0 Å². The number of thiazole rings is 1. The molecule has 0 fully saturated rings. The normalized spacial score (nSPS) is 12.5. The lowest BCUT2D eigenvalue weighted by molar-refractivity contribution is 0.534. The number of aromatic nitrogens is 1. The minimum Gasteiger partial charge on any atom is -0.312 e. The van der Waals surface area contributed by atoms with Crippen LogP contribution in [-0.4, -0.2) is 12.0 Å². The summed E-state index contributed by atoms with van der Waals surface area (Å²) in [6, 6.07) is 11.1. The number of benzene rings is 1. The first-order valence-electron chi connectivity index (χ1n) is 5.99. The first-order chi connectivity index (χ1) is 8.40. The second-order valence-electron chi connectivity index (χ2n) is 4.12. The third-order valence-corrected chi connectivity index (χ3v) is 3.83. The maximum atomic E-state index is 4.14. The van der Waals surface area contributed by atoms with Gasteiger partial charge in [-0.15, -0.1) is 11.3 Å². The standard InChI is InChI=1S/C14H18N2S/c1-15-13(14-10-16-11-17-14)9-5-8-12-6-3-2-4-7-12/h2-4,6-7,10-11,13,15H,5,8-9H2,1H3. The van der Waals surface area contributed by atoms with Crippen molar-refractivity contribution in [2.24, 2.45) is 0 Å². The first-order valence-corrected chi connectivity index (χ1v) is 6.87. The minimum absolute atomic E-state index is 0.450. The molecule has 17 heavy (non-hydrogen) atoms. The molecule has 3 heteroatoms. The quantitative estimate of drug-likeness (QED) is 0.844. The molecular formula is C14H18N2S. The van der Waals surface area contributed by atoms with Gasteiger partial charge in [-0.25, -0.2) is 0 Å². The maximum Gasteiger partial charge on any atom is 0.0794 e. The number of hydrogen-bond acceptors (Lipinski definition) is 3.